The Kier molecular flexibility index (Phi) is 6.56. The van der Waals surface area contributed by atoms with Crippen LogP contribution in [0, 0.1) is 11.3 Å². The van der Waals surface area contributed by atoms with Gasteiger partial charge in [-0.1, -0.05) is 50.6 Å². The molecule has 1 heterocycles. The van der Waals surface area contributed by atoms with Crippen LogP contribution in [-0.4, -0.2) is 29.4 Å². The summed E-state index contributed by atoms with van der Waals surface area (Å²) in [6, 6.07) is 10.0. The SMILES string of the molecule is CCC1(CC)CC(=O)N(Cc2ccccc2)CC1C(=O)OC1CCCCC1. The lowest BCUT2D eigenvalue weighted by molar-refractivity contribution is -0.169. The fraction of sp³-hybridized carbons (Fsp3) is 0.652. The van der Waals surface area contributed by atoms with Crippen molar-refractivity contribution in [1.29, 1.82) is 0 Å². The molecule has 3 rings (SSSR count). The maximum atomic E-state index is 13.1. The van der Waals surface area contributed by atoms with Gasteiger partial charge in [0.15, 0.2) is 0 Å². The van der Waals surface area contributed by atoms with E-state index < -0.39 is 0 Å². The molecule has 27 heavy (non-hydrogen) atoms. The average molecular weight is 372 g/mol. The van der Waals surface area contributed by atoms with Gasteiger partial charge in [0.25, 0.3) is 0 Å². The van der Waals surface area contributed by atoms with Gasteiger partial charge < -0.3 is 9.64 Å². The molecule has 1 aromatic carbocycles. The highest BCUT2D eigenvalue weighted by molar-refractivity contribution is 5.83. The van der Waals surface area contributed by atoms with Gasteiger partial charge in [-0.25, -0.2) is 0 Å². The normalized spacial score (nSPS) is 23.3. The van der Waals surface area contributed by atoms with E-state index in [9.17, 15) is 9.59 Å². The molecule has 2 fully saturated rings. The highest BCUT2D eigenvalue weighted by atomic mass is 16.5. The summed E-state index contributed by atoms with van der Waals surface area (Å²) in [5.41, 5.74) is 0.835. The molecule has 1 atom stereocenters. The van der Waals surface area contributed by atoms with Gasteiger partial charge >= 0.3 is 5.97 Å². The number of hydrogen-bond acceptors (Lipinski definition) is 3. The molecule has 148 valence electrons. The van der Waals surface area contributed by atoms with Crippen molar-refractivity contribution in [2.24, 2.45) is 11.3 Å². The van der Waals surface area contributed by atoms with Crippen LogP contribution in [0.5, 0.6) is 0 Å². The van der Waals surface area contributed by atoms with Crippen molar-refractivity contribution in [3.05, 3.63) is 35.9 Å². The van der Waals surface area contributed by atoms with Crippen LogP contribution in [0.1, 0.15) is 70.8 Å². The van der Waals surface area contributed by atoms with E-state index in [4.69, 9.17) is 4.74 Å². The minimum Gasteiger partial charge on any atom is -0.462 e. The number of rotatable bonds is 6. The number of benzene rings is 1. The number of carbonyl (C=O) groups is 2. The van der Waals surface area contributed by atoms with Crippen molar-refractivity contribution >= 4 is 11.9 Å². The van der Waals surface area contributed by atoms with E-state index in [1.54, 1.807) is 0 Å². The standard InChI is InChI=1S/C23H33NO3/c1-3-23(4-2)15-21(25)24(16-18-11-7-5-8-12-18)17-20(23)22(26)27-19-13-9-6-10-14-19/h5,7-8,11-12,19-20H,3-4,6,9-10,13-17H2,1-2H3. The van der Waals surface area contributed by atoms with Crippen LogP contribution < -0.4 is 0 Å². The largest absolute Gasteiger partial charge is 0.462 e. The number of nitrogens with zero attached hydrogens (tertiary/aromatic N) is 1. The van der Waals surface area contributed by atoms with E-state index >= 15 is 0 Å². The minimum atomic E-state index is -0.268. The first-order chi connectivity index (χ1) is 13.1. The van der Waals surface area contributed by atoms with Crippen LogP contribution in [-0.2, 0) is 20.9 Å². The lowest BCUT2D eigenvalue weighted by Crippen LogP contribution is -2.53. The van der Waals surface area contributed by atoms with Gasteiger partial charge in [0.1, 0.15) is 6.10 Å². The van der Waals surface area contributed by atoms with Gasteiger partial charge in [-0.2, -0.15) is 0 Å². The Bertz CT molecular complexity index is 632. The fourth-order valence-electron chi connectivity index (χ4n) is 4.76. The molecule has 1 aliphatic carbocycles. The number of carbonyl (C=O) groups excluding carboxylic acids is 2. The maximum absolute atomic E-state index is 13.1. The van der Waals surface area contributed by atoms with Crippen molar-refractivity contribution in [2.75, 3.05) is 6.54 Å². The second-order valence-corrected chi connectivity index (χ2v) is 8.26. The third-order valence-corrected chi connectivity index (χ3v) is 6.74. The van der Waals surface area contributed by atoms with Gasteiger partial charge in [0, 0.05) is 19.5 Å². The lowest BCUT2D eigenvalue weighted by atomic mass is 9.66. The minimum absolute atomic E-state index is 0.0675. The molecule has 1 saturated carbocycles. The van der Waals surface area contributed by atoms with Crippen LogP contribution in [0.3, 0.4) is 0 Å². The summed E-state index contributed by atoms with van der Waals surface area (Å²) in [7, 11) is 0. The zero-order valence-electron chi connectivity index (χ0n) is 16.8. The molecule has 1 aliphatic heterocycles. The number of piperidine rings is 1. The van der Waals surface area contributed by atoms with E-state index in [2.05, 4.69) is 13.8 Å². The topological polar surface area (TPSA) is 46.6 Å². The lowest BCUT2D eigenvalue weighted by Gasteiger charge is -2.46. The molecule has 0 spiro atoms. The van der Waals surface area contributed by atoms with Crippen molar-refractivity contribution in [1.82, 2.24) is 4.90 Å². The van der Waals surface area contributed by atoms with Crippen molar-refractivity contribution in [2.45, 2.75) is 77.9 Å². The predicted molar refractivity (Wildman–Crippen MR) is 106 cm³/mol. The first-order valence-corrected chi connectivity index (χ1v) is 10.6. The molecule has 0 radical (unpaired) electrons. The van der Waals surface area contributed by atoms with Crippen molar-refractivity contribution in [3.63, 3.8) is 0 Å². The second-order valence-electron chi connectivity index (χ2n) is 8.26. The molecule has 0 aromatic heterocycles. The summed E-state index contributed by atoms with van der Waals surface area (Å²) in [4.78, 5) is 27.9. The molecule has 0 N–H and O–H groups in total. The van der Waals surface area contributed by atoms with Crippen LogP contribution in [0.4, 0.5) is 0 Å². The van der Waals surface area contributed by atoms with Gasteiger partial charge in [0.2, 0.25) is 5.91 Å². The van der Waals surface area contributed by atoms with Crippen LogP contribution in [0.15, 0.2) is 30.3 Å². The Morgan fingerprint density at radius 2 is 1.78 bits per heavy atom. The van der Waals surface area contributed by atoms with Gasteiger partial charge in [-0.15, -0.1) is 0 Å². The third kappa shape index (κ3) is 4.53. The molecule has 1 unspecified atom stereocenters. The van der Waals surface area contributed by atoms with E-state index in [0.717, 1.165) is 44.1 Å². The molecule has 1 saturated heterocycles. The molecule has 2 aliphatic rings. The highest BCUT2D eigenvalue weighted by Crippen LogP contribution is 2.44. The van der Waals surface area contributed by atoms with E-state index in [1.165, 1.54) is 6.42 Å². The number of esters is 1. The third-order valence-electron chi connectivity index (χ3n) is 6.74. The fourth-order valence-corrected chi connectivity index (χ4v) is 4.76. The van der Waals surface area contributed by atoms with Crippen LogP contribution in [0.2, 0.25) is 0 Å². The van der Waals surface area contributed by atoms with E-state index in [1.807, 2.05) is 35.2 Å². The quantitative estimate of drug-likeness (QED) is 0.680. The summed E-state index contributed by atoms with van der Waals surface area (Å²) in [5, 5.41) is 0. The Balaban J connectivity index is 1.75. The Hall–Kier alpha value is -1.84. The summed E-state index contributed by atoms with van der Waals surface area (Å²) in [5.74, 6) is -0.156. The summed E-state index contributed by atoms with van der Waals surface area (Å²) in [6.07, 6.45) is 7.67. The smallest absolute Gasteiger partial charge is 0.311 e. The van der Waals surface area contributed by atoms with Gasteiger partial charge in [-0.3, -0.25) is 9.59 Å². The summed E-state index contributed by atoms with van der Waals surface area (Å²) in [6.45, 7) is 5.24. The predicted octanol–water partition coefficient (Wildman–Crippen LogP) is 4.72. The molecule has 4 nitrogen and oxygen atoms in total. The average Bonchev–Trinajstić information content (AvgIpc) is 2.70. The Morgan fingerprint density at radius 1 is 1.11 bits per heavy atom. The Morgan fingerprint density at radius 3 is 2.41 bits per heavy atom. The zero-order chi connectivity index (χ0) is 19.3. The van der Waals surface area contributed by atoms with Crippen molar-refractivity contribution < 1.29 is 14.3 Å². The number of likely N-dealkylation sites (tertiary alicyclic amines) is 1. The highest BCUT2D eigenvalue weighted by Gasteiger charge is 2.48. The molecule has 0 bridgehead atoms. The first-order valence-electron chi connectivity index (χ1n) is 10.6. The molecule has 1 amide bonds. The van der Waals surface area contributed by atoms with Gasteiger partial charge in [0.05, 0.1) is 5.92 Å². The molecular weight excluding hydrogens is 338 g/mol. The van der Waals surface area contributed by atoms with Crippen molar-refractivity contribution in [3.8, 4) is 0 Å². The zero-order valence-corrected chi connectivity index (χ0v) is 16.8. The second kappa shape index (κ2) is 8.90. The van der Waals surface area contributed by atoms with E-state index in [-0.39, 0.29) is 29.3 Å². The summed E-state index contributed by atoms with van der Waals surface area (Å²) >= 11 is 0. The molecule has 4 heteroatoms. The number of hydrogen-bond donors (Lipinski definition) is 0. The summed E-state index contributed by atoms with van der Waals surface area (Å²) < 4.78 is 5.95. The van der Waals surface area contributed by atoms with Gasteiger partial charge in [-0.05, 0) is 49.5 Å². The maximum Gasteiger partial charge on any atom is 0.311 e. The molecule has 1 aromatic rings. The monoisotopic (exact) mass is 371 g/mol. The first kappa shape index (κ1) is 19.9. The van der Waals surface area contributed by atoms with Crippen LogP contribution in [0.25, 0.3) is 0 Å². The number of ether oxygens (including phenoxy) is 1. The van der Waals surface area contributed by atoms with Crippen LogP contribution >= 0.6 is 0 Å². The number of amides is 1. The Labute approximate surface area is 163 Å². The van der Waals surface area contributed by atoms with E-state index in [0.29, 0.717) is 19.5 Å². The molecular formula is C23H33NO3.